The van der Waals surface area contributed by atoms with Gasteiger partial charge in [0.2, 0.25) is 11.8 Å². The summed E-state index contributed by atoms with van der Waals surface area (Å²) in [6, 6.07) is 9.06. The molecule has 8 heteroatoms. The summed E-state index contributed by atoms with van der Waals surface area (Å²) in [6.07, 6.45) is 6.10. The van der Waals surface area contributed by atoms with Gasteiger partial charge in [-0.1, -0.05) is 11.6 Å². The van der Waals surface area contributed by atoms with E-state index in [1.807, 2.05) is 17.0 Å². The first-order valence-corrected chi connectivity index (χ1v) is 11.3. The third-order valence-corrected chi connectivity index (χ3v) is 7.34. The van der Waals surface area contributed by atoms with E-state index >= 15 is 0 Å². The van der Waals surface area contributed by atoms with Crippen molar-refractivity contribution in [1.82, 2.24) is 9.88 Å². The molecule has 1 saturated carbocycles. The summed E-state index contributed by atoms with van der Waals surface area (Å²) >= 11 is 7.68. The van der Waals surface area contributed by atoms with E-state index in [2.05, 4.69) is 10.3 Å². The average molecular weight is 446 g/mol. The Labute approximate surface area is 185 Å². The molecule has 1 spiro atoms. The van der Waals surface area contributed by atoms with Crippen LogP contribution in [0.25, 0.3) is 0 Å². The number of benzene rings is 1. The molecule has 2 heterocycles. The molecule has 1 saturated heterocycles. The highest BCUT2D eigenvalue weighted by Gasteiger charge is 2.58. The molecule has 2 aromatic rings. The fourth-order valence-electron chi connectivity index (χ4n) is 4.12. The van der Waals surface area contributed by atoms with Crippen LogP contribution in [0.5, 0.6) is 5.75 Å². The molecule has 2 fully saturated rings. The van der Waals surface area contributed by atoms with Crippen LogP contribution in [0.15, 0.2) is 47.6 Å². The molecule has 1 aliphatic carbocycles. The van der Waals surface area contributed by atoms with Crippen molar-refractivity contribution in [2.45, 2.75) is 24.2 Å². The van der Waals surface area contributed by atoms with Gasteiger partial charge < -0.3 is 15.0 Å². The summed E-state index contributed by atoms with van der Waals surface area (Å²) in [5.74, 6) is 1.20. The van der Waals surface area contributed by atoms with Crippen LogP contribution in [-0.4, -0.2) is 47.7 Å². The second-order valence-corrected chi connectivity index (χ2v) is 9.27. The zero-order chi connectivity index (χ0) is 21.1. The van der Waals surface area contributed by atoms with Crippen LogP contribution < -0.4 is 10.1 Å². The molecule has 1 aromatic heterocycles. The summed E-state index contributed by atoms with van der Waals surface area (Å²) in [5, 5.41) is 3.44. The zero-order valence-electron chi connectivity index (χ0n) is 16.8. The molecule has 1 N–H and O–H groups in total. The van der Waals surface area contributed by atoms with E-state index in [0.29, 0.717) is 35.3 Å². The number of pyridine rings is 1. The van der Waals surface area contributed by atoms with Gasteiger partial charge in [0.1, 0.15) is 5.75 Å². The van der Waals surface area contributed by atoms with Crippen molar-refractivity contribution in [1.29, 1.82) is 0 Å². The number of hydrogen-bond acceptors (Lipinski definition) is 5. The number of amides is 2. The molecular weight excluding hydrogens is 422 g/mol. The lowest BCUT2D eigenvalue weighted by molar-refractivity contribution is -0.130. The molecular formula is C22H24ClN3O3S. The van der Waals surface area contributed by atoms with E-state index in [1.165, 1.54) is 11.8 Å². The van der Waals surface area contributed by atoms with E-state index in [9.17, 15) is 9.59 Å². The number of likely N-dealkylation sites (tertiary alicyclic amines) is 1. The molecule has 1 atom stereocenters. The molecule has 30 heavy (non-hydrogen) atoms. The second-order valence-electron chi connectivity index (χ2n) is 7.81. The van der Waals surface area contributed by atoms with Crippen LogP contribution in [0.1, 0.15) is 19.3 Å². The number of nitrogens with one attached hydrogen (secondary N) is 1. The number of ether oxygens (including phenoxy) is 1. The fourth-order valence-corrected chi connectivity index (χ4v) is 5.16. The number of anilines is 1. The van der Waals surface area contributed by atoms with E-state index in [4.69, 9.17) is 16.3 Å². The fraction of sp³-hybridized carbons (Fsp3) is 0.409. The van der Waals surface area contributed by atoms with Gasteiger partial charge in [0.05, 0.1) is 17.9 Å². The van der Waals surface area contributed by atoms with Gasteiger partial charge >= 0.3 is 0 Å². The minimum Gasteiger partial charge on any atom is -0.495 e. The Kier molecular flexibility index (Phi) is 6.20. The summed E-state index contributed by atoms with van der Waals surface area (Å²) in [6.45, 7) is 1.43. The van der Waals surface area contributed by atoms with Gasteiger partial charge in [0.15, 0.2) is 0 Å². The monoisotopic (exact) mass is 445 g/mol. The quantitative estimate of drug-likeness (QED) is 0.677. The van der Waals surface area contributed by atoms with Crippen molar-refractivity contribution in [3.8, 4) is 5.75 Å². The number of thioether (sulfide) groups is 1. The number of carbonyl (C=O) groups is 2. The van der Waals surface area contributed by atoms with Crippen LogP contribution in [0.2, 0.25) is 5.02 Å². The van der Waals surface area contributed by atoms with Gasteiger partial charge in [-0.2, -0.15) is 0 Å². The zero-order valence-corrected chi connectivity index (χ0v) is 18.3. The molecule has 1 aliphatic heterocycles. The molecule has 4 rings (SSSR count). The Morgan fingerprint density at radius 1 is 1.27 bits per heavy atom. The third-order valence-electron chi connectivity index (χ3n) is 6.05. The summed E-state index contributed by atoms with van der Waals surface area (Å²) < 4.78 is 5.15. The van der Waals surface area contributed by atoms with Gasteiger partial charge in [-0.3, -0.25) is 14.6 Å². The lowest BCUT2D eigenvalue weighted by Gasteiger charge is -2.32. The Bertz CT molecular complexity index is 932. The number of halogens is 1. The highest BCUT2D eigenvalue weighted by atomic mass is 35.5. The molecule has 6 nitrogen and oxygen atoms in total. The number of piperidine rings is 1. The Balaban J connectivity index is 1.25. The van der Waals surface area contributed by atoms with Crippen LogP contribution >= 0.6 is 23.4 Å². The topological polar surface area (TPSA) is 71.5 Å². The van der Waals surface area contributed by atoms with Crippen molar-refractivity contribution in [2.24, 2.45) is 11.3 Å². The number of nitrogens with zero attached hydrogens (tertiary/aromatic N) is 2. The van der Waals surface area contributed by atoms with Crippen LogP contribution in [0.3, 0.4) is 0 Å². The minimum absolute atomic E-state index is 0.00169. The molecule has 0 unspecified atom stereocenters. The maximum atomic E-state index is 12.7. The Morgan fingerprint density at radius 3 is 2.67 bits per heavy atom. The average Bonchev–Trinajstić information content (AvgIpc) is 3.47. The SMILES string of the molecule is COc1ccc(NC(=O)[C@H]2CC23CCN(C(=O)CSc2ccncc2)CC3)cc1Cl. The van der Waals surface area contributed by atoms with Crippen LogP contribution in [0.4, 0.5) is 5.69 Å². The number of rotatable bonds is 6. The Morgan fingerprint density at radius 2 is 2.00 bits per heavy atom. The van der Waals surface area contributed by atoms with E-state index in [-0.39, 0.29) is 23.1 Å². The number of hydrogen-bond donors (Lipinski definition) is 1. The molecule has 0 bridgehead atoms. The standard InChI is InChI=1S/C22H24ClN3O3S/c1-29-19-3-2-15(12-18(19)23)25-21(28)17-13-22(17)6-10-26(11-7-22)20(27)14-30-16-4-8-24-9-5-16/h2-5,8-9,12,17H,6-7,10-11,13-14H2,1H3,(H,25,28)/t17-/m1/s1. The van der Waals surface area contributed by atoms with Gasteiger partial charge in [0.25, 0.3) is 0 Å². The van der Waals surface area contributed by atoms with E-state index in [0.717, 1.165) is 24.2 Å². The minimum atomic E-state index is 0.00169. The van der Waals surface area contributed by atoms with Crippen LogP contribution in [0, 0.1) is 11.3 Å². The predicted molar refractivity (Wildman–Crippen MR) is 118 cm³/mol. The predicted octanol–water partition coefficient (Wildman–Crippen LogP) is 4.10. The van der Waals surface area contributed by atoms with Crippen molar-refractivity contribution in [3.05, 3.63) is 47.7 Å². The first kappa shape index (κ1) is 21.0. The van der Waals surface area contributed by atoms with Gasteiger partial charge in [-0.15, -0.1) is 11.8 Å². The lowest BCUT2D eigenvalue weighted by atomic mass is 9.90. The van der Waals surface area contributed by atoms with Crippen molar-refractivity contribution in [2.75, 3.05) is 31.3 Å². The number of carbonyl (C=O) groups excluding carboxylic acids is 2. The van der Waals surface area contributed by atoms with Gasteiger partial charge in [0, 0.05) is 42.0 Å². The van der Waals surface area contributed by atoms with Crippen molar-refractivity contribution < 1.29 is 14.3 Å². The maximum absolute atomic E-state index is 12.7. The molecule has 2 amide bonds. The summed E-state index contributed by atoms with van der Waals surface area (Å²) in [4.78, 5) is 32.2. The van der Waals surface area contributed by atoms with E-state index in [1.54, 1.807) is 37.7 Å². The molecule has 0 radical (unpaired) electrons. The van der Waals surface area contributed by atoms with Crippen molar-refractivity contribution in [3.63, 3.8) is 0 Å². The normalized spacial score (nSPS) is 19.4. The highest BCUT2D eigenvalue weighted by Crippen LogP contribution is 2.59. The Hall–Kier alpha value is -2.25. The summed E-state index contributed by atoms with van der Waals surface area (Å²) in [5.41, 5.74) is 0.712. The lowest BCUT2D eigenvalue weighted by Crippen LogP contribution is -2.41. The summed E-state index contributed by atoms with van der Waals surface area (Å²) in [7, 11) is 1.56. The molecule has 1 aromatic carbocycles. The smallest absolute Gasteiger partial charge is 0.232 e. The van der Waals surface area contributed by atoms with Crippen LogP contribution in [-0.2, 0) is 9.59 Å². The number of methoxy groups -OCH3 is 1. The largest absolute Gasteiger partial charge is 0.495 e. The highest BCUT2D eigenvalue weighted by molar-refractivity contribution is 8.00. The van der Waals surface area contributed by atoms with Gasteiger partial charge in [-0.25, -0.2) is 0 Å². The second kappa shape index (κ2) is 8.86. The number of aromatic nitrogens is 1. The first-order chi connectivity index (χ1) is 14.5. The molecule has 2 aliphatic rings. The molecule has 158 valence electrons. The van der Waals surface area contributed by atoms with E-state index < -0.39 is 0 Å². The first-order valence-electron chi connectivity index (χ1n) is 9.96. The van der Waals surface area contributed by atoms with Crippen molar-refractivity contribution >= 4 is 40.9 Å². The third kappa shape index (κ3) is 4.57. The van der Waals surface area contributed by atoms with Gasteiger partial charge in [-0.05, 0) is 55.0 Å². The maximum Gasteiger partial charge on any atom is 0.232 e.